The Labute approximate surface area is 354 Å². The minimum atomic E-state index is -0.373. The van der Waals surface area contributed by atoms with Crippen molar-refractivity contribution in [1.82, 2.24) is 19.6 Å². The number of carbonyl (C=O) groups excluding carboxylic acids is 2. The molecule has 10 heteroatoms. The van der Waals surface area contributed by atoms with Gasteiger partial charge in [0.1, 0.15) is 0 Å². The summed E-state index contributed by atoms with van der Waals surface area (Å²) in [6, 6.07) is 34.1. The van der Waals surface area contributed by atoms with Gasteiger partial charge < -0.3 is 19.6 Å². The van der Waals surface area contributed by atoms with E-state index in [-0.39, 0.29) is 34.5 Å². The van der Waals surface area contributed by atoms with Gasteiger partial charge in [-0.15, -0.1) is 0 Å². The van der Waals surface area contributed by atoms with Crippen LogP contribution >= 0.6 is 23.2 Å². The molecular formula is C48H56Cl2N6O2. The number of rotatable bonds is 10. The first-order valence-corrected chi connectivity index (χ1v) is 21.9. The van der Waals surface area contributed by atoms with Gasteiger partial charge in [-0.3, -0.25) is 19.4 Å². The zero-order chi connectivity index (χ0) is 40.3. The summed E-state index contributed by atoms with van der Waals surface area (Å²) >= 11 is 12.1. The summed E-state index contributed by atoms with van der Waals surface area (Å²) in [5.41, 5.74) is 6.31. The molecule has 4 aromatic rings. The van der Waals surface area contributed by atoms with Gasteiger partial charge >= 0.3 is 0 Å². The Kier molecular flexibility index (Phi) is 10.7. The maximum Gasteiger partial charge on any atom is 0.238 e. The number of hydrogen-bond acceptors (Lipinski definition) is 6. The summed E-state index contributed by atoms with van der Waals surface area (Å²) in [7, 11) is 8.62. The summed E-state index contributed by atoms with van der Waals surface area (Å²) < 4.78 is 0. The lowest BCUT2D eigenvalue weighted by molar-refractivity contribution is -0.121. The molecule has 0 bridgehead atoms. The maximum atomic E-state index is 13.6. The summed E-state index contributed by atoms with van der Waals surface area (Å²) in [6.45, 7) is 7.83. The van der Waals surface area contributed by atoms with Crippen molar-refractivity contribution >= 4 is 46.4 Å². The number of hydrogen-bond donors (Lipinski definition) is 0. The third-order valence-corrected chi connectivity index (χ3v) is 14.8. The number of fused-ring (bicyclic) bond motifs is 4. The molecule has 8 nitrogen and oxygen atoms in total. The molecule has 0 N–H and O–H groups in total. The van der Waals surface area contributed by atoms with Crippen LogP contribution in [0.4, 0.5) is 11.4 Å². The van der Waals surface area contributed by atoms with Gasteiger partial charge in [-0.2, -0.15) is 0 Å². The van der Waals surface area contributed by atoms with Crippen LogP contribution in [0.3, 0.4) is 0 Å². The molecule has 58 heavy (non-hydrogen) atoms. The molecule has 10 rings (SSSR count). The second-order valence-corrected chi connectivity index (χ2v) is 18.8. The van der Waals surface area contributed by atoms with Crippen LogP contribution in [0.15, 0.2) is 97.1 Å². The largest absolute Gasteiger partial charge is 0.310 e. The van der Waals surface area contributed by atoms with E-state index < -0.39 is 0 Å². The quantitative estimate of drug-likeness (QED) is 0.165. The highest BCUT2D eigenvalue weighted by atomic mass is 35.5. The van der Waals surface area contributed by atoms with E-state index in [1.54, 1.807) is 0 Å². The highest BCUT2D eigenvalue weighted by molar-refractivity contribution is 6.30. The molecule has 0 unspecified atom stereocenters. The van der Waals surface area contributed by atoms with Crippen molar-refractivity contribution in [2.24, 2.45) is 0 Å². The van der Waals surface area contributed by atoms with E-state index in [2.05, 4.69) is 121 Å². The van der Waals surface area contributed by atoms with Crippen LogP contribution in [0, 0.1) is 0 Å². The lowest BCUT2D eigenvalue weighted by atomic mass is 9.92. The van der Waals surface area contributed by atoms with E-state index in [9.17, 15) is 9.59 Å². The number of halogens is 2. The smallest absolute Gasteiger partial charge is 0.238 e. The Hall–Kier alpha value is -3.76. The summed E-state index contributed by atoms with van der Waals surface area (Å²) in [6.07, 6.45) is 4.21. The summed E-state index contributed by atoms with van der Waals surface area (Å²) in [5, 5.41) is 1.48. The van der Waals surface area contributed by atoms with Crippen molar-refractivity contribution in [2.45, 2.75) is 60.4 Å². The minimum absolute atomic E-state index is 0.253. The van der Waals surface area contributed by atoms with Gasteiger partial charge in [0.05, 0.1) is 10.8 Å². The van der Waals surface area contributed by atoms with Crippen molar-refractivity contribution in [2.75, 3.05) is 90.3 Å². The standard InChI is InChI=1S/2C24H28ClN3O/c2*1-26(2)19-11-12-27(16-19)13-14-28-22-6-4-3-5-20(22)24(23(28)29)15-21(24)17-7-9-18(25)10-8-17/h2*3-10,19,21H,11-16H2,1-2H3/t19-,21+,24+;19-,21-,24-/m11/s1. The van der Waals surface area contributed by atoms with Crippen LogP contribution in [0.1, 0.15) is 59.8 Å². The molecule has 0 radical (unpaired) electrons. The van der Waals surface area contributed by atoms with E-state index >= 15 is 0 Å². The van der Waals surface area contributed by atoms with E-state index in [0.29, 0.717) is 12.1 Å². The van der Waals surface area contributed by atoms with Crippen molar-refractivity contribution in [3.8, 4) is 0 Å². The second-order valence-electron chi connectivity index (χ2n) is 17.9. The van der Waals surface area contributed by atoms with Gasteiger partial charge in [0.2, 0.25) is 11.8 Å². The molecule has 6 atom stereocenters. The molecule has 304 valence electrons. The predicted molar refractivity (Wildman–Crippen MR) is 236 cm³/mol. The molecular weight excluding hydrogens is 763 g/mol. The van der Waals surface area contributed by atoms with Gasteiger partial charge in [0, 0.05) is 84.6 Å². The summed E-state index contributed by atoms with van der Waals surface area (Å²) in [5.74, 6) is 1.07. The zero-order valence-electron chi connectivity index (χ0n) is 34.3. The number of nitrogens with zero attached hydrogens (tertiary/aromatic N) is 6. The highest BCUT2D eigenvalue weighted by Gasteiger charge is 2.68. The SMILES string of the molecule is CN(C)[C@@H]1CCN(CCN2C(=O)[C@@]3(C[C@H]3c3ccc(Cl)cc3)c3ccccc32)C1.CN(C)[C@@H]1CCN(CCN2C(=O)[C@]3(C[C@@H]3c3ccc(Cl)cc3)c3ccccc32)C1. The third kappa shape index (κ3) is 6.97. The second kappa shape index (κ2) is 15.7. The number of anilines is 2. The van der Waals surface area contributed by atoms with Crippen LogP contribution in [0.5, 0.6) is 0 Å². The van der Waals surface area contributed by atoms with Crippen LogP contribution in [0.2, 0.25) is 10.0 Å². The lowest BCUT2D eigenvalue weighted by Gasteiger charge is -2.24. The van der Waals surface area contributed by atoms with Crippen LogP contribution in [-0.4, -0.2) is 124 Å². The molecule has 2 amide bonds. The topological polar surface area (TPSA) is 53.6 Å². The Morgan fingerprint density at radius 1 is 0.552 bits per heavy atom. The predicted octanol–water partition coefficient (Wildman–Crippen LogP) is 7.50. The fourth-order valence-corrected chi connectivity index (χ4v) is 10.9. The number of para-hydroxylation sites is 2. The molecule has 2 saturated heterocycles. The monoisotopic (exact) mass is 818 g/mol. The van der Waals surface area contributed by atoms with Gasteiger partial charge in [-0.05, 0) is 126 Å². The molecule has 0 aromatic heterocycles. The highest BCUT2D eigenvalue weighted by Crippen LogP contribution is 2.67. The van der Waals surface area contributed by atoms with Crippen LogP contribution < -0.4 is 9.80 Å². The Morgan fingerprint density at radius 3 is 1.29 bits per heavy atom. The van der Waals surface area contributed by atoms with Crippen LogP contribution in [0.25, 0.3) is 0 Å². The first-order valence-electron chi connectivity index (χ1n) is 21.1. The third-order valence-electron chi connectivity index (χ3n) is 14.3. The van der Waals surface area contributed by atoms with Crippen LogP contribution in [-0.2, 0) is 20.4 Å². The average Bonchev–Trinajstić information content (AvgIpc) is 3.92. The van der Waals surface area contributed by atoms with Crippen molar-refractivity contribution in [3.05, 3.63) is 129 Å². The van der Waals surface area contributed by atoms with E-state index in [4.69, 9.17) is 23.2 Å². The Morgan fingerprint density at radius 2 is 0.931 bits per heavy atom. The first-order chi connectivity index (χ1) is 28.0. The van der Waals surface area contributed by atoms with E-state index in [1.165, 1.54) is 35.1 Å². The van der Waals surface area contributed by atoms with Gasteiger partial charge in [0.25, 0.3) is 0 Å². The number of likely N-dealkylation sites (N-methyl/N-ethyl adjacent to an activating group) is 2. The molecule has 2 spiro atoms. The van der Waals surface area contributed by atoms with Crippen molar-refractivity contribution in [3.63, 3.8) is 0 Å². The molecule has 4 aliphatic heterocycles. The molecule has 4 fully saturated rings. The molecule has 4 aromatic carbocycles. The molecule has 6 aliphatic rings. The van der Waals surface area contributed by atoms with Crippen molar-refractivity contribution < 1.29 is 9.59 Å². The average molecular weight is 820 g/mol. The fourth-order valence-electron chi connectivity index (χ4n) is 10.7. The normalized spacial score (nSPS) is 28.6. The Balaban J connectivity index is 0.000000150. The number of benzene rings is 4. The van der Waals surface area contributed by atoms with E-state index in [1.807, 2.05) is 34.1 Å². The lowest BCUT2D eigenvalue weighted by Crippen LogP contribution is -2.40. The van der Waals surface area contributed by atoms with Gasteiger partial charge in [-0.1, -0.05) is 83.9 Å². The molecule has 2 saturated carbocycles. The number of amides is 2. The summed E-state index contributed by atoms with van der Waals surface area (Å²) in [4.78, 5) is 41.0. The van der Waals surface area contributed by atoms with Gasteiger partial charge in [0.15, 0.2) is 0 Å². The van der Waals surface area contributed by atoms with Crippen molar-refractivity contribution in [1.29, 1.82) is 0 Å². The molecule has 2 aliphatic carbocycles. The molecule has 4 heterocycles. The number of likely N-dealkylation sites (tertiary alicyclic amines) is 2. The van der Waals surface area contributed by atoms with Gasteiger partial charge in [-0.25, -0.2) is 0 Å². The minimum Gasteiger partial charge on any atom is -0.310 e. The Bertz CT molecular complexity index is 2010. The zero-order valence-corrected chi connectivity index (χ0v) is 35.8. The maximum absolute atomic E-state index is 13.6. The number of carbonyl (C=O) groups is 2. The first kappa shape index (κ1) is 39.7. The fraction of sp³-hybridized carbons (Fsp3) is 0.458. The van der Waals surface area contributed by atoms with E-state index in [0.717, 1.165) is 86.6 Å².